The zero-order valence-electron chi connectivity index (χ0n) is 34.5. The molecule has 0 aliphatic carbocycles. The van der Waals surface area contributed by atoms with E-state index in [1.54, 1.807) is 0 Å². The van der Waals surface area contributed by atoms with E-state index in [4.69, 9.17) is 14.0 Å². The van der Waals surface area contributed by atoms with Crippen molar-refractivity contribution in [1.29, 1.82) is 0 Å². The normalized spacial score (nSPS) is 14.3. The summed E-state index contributed by atoms with van der Waals surface area (Å²) < 4.78 is 31.9. The Hall–Kier alpha value is -3.03. The van der Waals surface area contributed by atoms with Gasteiger partial charge in [0.1, 0.15) is 6.61 Å². The summed E-state index contributed by atoms with van der Waals surface area (Å²) in [6.45, 7) is 3.66. The third kappa shape index (κ3) is 40.5. The van der Waals surface area contributed by atoms with Crippen LogP contribution in [0.1, 0.15) is 155 Å². The van der Waals surface area contributed by atoms with Gasteiger partial charge in [0, 0.05) is 20.0 Å². The number of ether oxygens (including phenoxy) is 2. The number of hydrogen-bond donors (Lipinski definition) is 1. The average Bonchev–Trinajstić information content (AvgIpc) is 3.18. The molecule has 0 aliphatic heterocycles. The van der Waals surface area contributed by atoms with Gasteiger partial charge in [0.05, 0.1) is 6.61 Å². The highest BCUT2D eigenvalue weighted by Crippen LogP contribution is 2.42. The zero-order chi connectivity index (χ0) is 40.3. The van der Waals surface area contributed by atoms with Gasteiger partial charge in [0.25, 0.3) is 0 Å². The van der Waals surface area contributed by atoms with Gasteiger partial charge >= 0.3 is 19.8 Å². The van der Waals surface area contributed by atoms with E-state index in [0.29, 0.717) is 6.42 Å². The van der Waals surface area contributed by atoms with Crippen LogP contribution in [-0.2, 0) is 32.7 Å². The van der Waals surface area contributed by atoms with Crippen LogP contribution in [0.25, 0.3) is 0 Å². The van der Waals surface area contributed by atoms with Crippen molar-refractivity contribution in [3.63, 3.8) is 0 Å². The molecule has 8 nitrogen and oxygen atoms in total. The van der Waals surface area contributed by atoms with Crippen molar-refractivity contribution in [2.24, 2.45) is 0 Å². The molecule has 0 aliphatic rings. The minimum atomic E-state index is -4.29. The molecule has 0 spiro atoms. The minimum Gasteiger partial charge on any atom is -0.462 e. The number of hydrogen-bond acceptors (Lipinski definition) is 7. The van der Waals surface area contributed by atoms with E-state index in [1.807, 2.05) is 12.2 Å². The standard InChI is InChI=1S/C46H75O8P/c1-4-6-8-10-12-14-16-18-20-22-23-25-27-29-31-33-35-37-39-41-46(48)54-44(43-53-55(49,50)51-3)42-52-45(47)40-38-36-34-32-30-28-26-24-21-19-17-15-13-11-9-7-5-2/h6,8,12-15,18-21,23,25,29,31,35,37,44H,4-5,7,9-11,16-17,22,24,26-28,30,32-34,36,38-43H2,1-3H3,(H,49,50)/b8-6-,14-12-,15-13-,20-18-,21-19-,25-23-,31-29-,37-35-. The number of carbonyl (C=O) groups excluding carboxylic acids is 2. The van der Waals surface area contributed by atoms with Gasteiger partial charge in [-0.2, -0.15) is 0 Å². The van der Waals surface area contributed by atoms with E-state index in [-0.39, 0.29) is 19.4 Å². The Morgan fingerprint density at radius 3 is 1.45 bits per heavy atom. The van der Waals surface area contributed by atoms with Crippen LogP contribution in [-0.4, -0.2) is 43.3 Å². The van der Waals surface area contributed by atoms with E-state index in [0.717, 1.165) is 84.2 Å². The molecule has 2 unspecified atom stereocenters. The van der Waals surface area contributed by atoms with Crippen LogP contribution in [0.2, 0.25) is 0 Å². The Morgan fingerprint density at radius 2 is 0.964 bits per heavy atom. The van der Waals surface area contributed by atoms with Gasteiger partial charge in [0.2, 0.25) is 0 Å². The van der Waals surface area contributed by atoms with Crippen molar-refractivity contribution in [2.75, 3.05) is 20.3 Å². The molecule has 0 aromatic heterocycles. The van der Waals surface area contributed by atoms with Gasteiger partial charge in [-0.3, -0.25) is 18.6 Å². The van der Waals surface area contributed by atoms with Crippen LogP contribution in [0.4, 0.5) is 0 Å². The highest BCUT2D eigenvalue weighted by atomic mass is 31.2. The first-order valence-corrected chi connectivity index (χ1v) is 22.4. The fourth-order valence-corrected chi connectivity index (χ4v) is 5.58. The number of phosphoric acid groups is 1. The summed E-state index contributed by atoms with van der Waals surface area (Å²) in [5.74, 6) is -0.920. The summed E-state index contributed by atoms with van der Waals surface area (Å²) in [6, 6.07) is 0. The molecule has 0 saturated carbocycles. The first-order valence-electron chi connectivity index (χ1n) is 20.9. The van der Waals surface area contributed by atoms with Crippen molar-refractivity contribution >= 4 is 19.8 Å². The Labute approximate surface area is 335 Å². The maximum absolute atomic E-state index is 12.5. The van der Waals surface area contributed by atoms with Crippen LogP contribution in [0.15, 0.2) is 97.2 Å². The molecule has 312 valence electrons. The van der Waals surface area contributed by atoms with E-state index in [2.05, 4.69) is 103 Å². The molecule has 1 N–H and O–H groups in total. The predicted octanol–water partition coefficient (Wildman–Crippen LogP) is 13.3. The SMILES string of the molecule is CC/C=C\C/C=C\C/C=C\C/C=C\C/C=C\C/C=C\CCC(=O)OC(COC(=O)CCCCCCCCC/C=C\C/C=C\CCCCC)COP(=O)(O)OC. The topological polar surface area (TPSA) is 108 Å². The Balaban J connectivity index is 4.18. The lowest BCUT2D eigenvalue weighted by Gasteiger charge is -2.19. The van der Waals surface area contributed by atoms with E-state index < -0.39 is 32.5 Å². The molecule has 0 saturated heterocycles. The number of unbranched alkanes of at least 4 members (excludes halogenated alkanes) is 10. The van der Waals surface area contributed by atoms with Crippen LogP contribution in [0.3, 0.4) is 0 Å². The molecule has 0 fully saturated rings. The molecule has 0 rings (SSSR count). The van der Waals surface area contributed by atoms with E-state index in [1.165, 1.54) is 44.9 Å². The van der Waals surface area contributed by atoms with Gasteiger partial charge in [-0.05, 0) is 83.5 Å². The summed E-state index contributed by atoms with van der Waals surface area (Å²) in [6.07, 6.45) is 54.7. The third-order valence-corrected chi connectivity index (χ3v) is 9.26. The van der Waals surface area contributed by atoms with Gasteiger partial charge in [-0.25, -0.2) is 4.57 Å². The molecule has 0 amide bonds. The zero-order valence-corrected chi connectivity index (χ0v) is 35.4. The van der Waals surface area contributed by atoms with Crippen molar-refractivity contribution in [1.82, 2.24) is 0 Å². The second-order valence-corrected chi connectivity index (χ2v) is 14.9. The molecular formula is C46H75O8P. The quantitative estimate of drug-likeness (QED) is 0.0287. The first kappa shape index (κ1) is 52.0. The predicted molar refractivity (Wildman–Crippen MR) is 230 cm³/mol. The van der Waals surface area contributed by atoms with Gasteiger partial charge in [0.15, 0.2) is 6.10 Å². The second-order valence-electron chi connectivity index (χ2n) is 13.4. The summed E-state index contributed by atoms with van der Waals surface area (Å²) in [5.41, 5.74) is 0. The monoisotopic (exact) mass is 787 g/mol. The fourth-order valence-electron chi connectivity index (χ4n) is 5.12. The molecule has 55 heavy (non-hydrogen) atoms. The van der Waals surface area contributed by atoms with Crippen molar-refractivity contribution in [3.8, 4) is 0 Å². The Kier molecular flexibility index (Phi) is 38.4. The molecule has 0 heterocycles. The number of phosphoric ester groups is 1. The maximum Gasteiger partial charge on any atom is 0.472 e. The van der Waals surface area contributed by atoms with Crippen molar-refractivity contribution in [2.45, 2.75) is 161 Å². The number of rotatable bonds is 37. The molecular weight excluding hydrogens is 711 g/mol. The van der Waals surface area contributed by atoms with E-state index in [9.17, 15) is 19.0 Å². The first-order chi connectivity index (χ1) is 26.8. The molecule has 0 aromatic carbocycles. The number of allylic oxidation sites excluding steroid dienone is 16. The van der Waals surface area contributed by atoms with Gasteiger partial charge in [-0.15, -0.1) is 0 Å². The Morgan fingerprint density at radius 1 is 0.527 bits per heavy atom. The van der Waals surface area contributed by atoms with E-state index >= 15 is 0 Å². The maximum atomic E-state index is 12.5. The summed E-state index contributed by atoms with van der Waals surface area (Å²) >= 11 is 0. The Bertz CT molecular complexity index is 1210. The summed E-state index contributed by atoms with van der Waals surface area (Å²) in [4.78, 5) is 34.4. The summed E-state index contributed by atoms with van der Waals surface area (Å²) in [5, 5.41) is 0. The largest absolute Gasteiger partial charge is 0.472 e. The summed E-state index contributed by atoms with van der Waals surface area (Å²) in [7, 11) is -3.25. The molecule has 9 heteroatoms. The highest BCUT2D eigenvalue weighted by Gasteiger charge is 2.24. The van der Waals surface area contributed by atoms with Crippen LogP contribution < -0.4 is 0 Å². The lowest BCUT2D eigenvalue weighted by Crippen LogP contribution is -2.29. The minimum absolute atomic E-state index is 0.112. The lowest BCUT2D eigenvalue weighted by atomic mass is 10.1. The third-order valence-electron chi connectivity index (χ3n) is 8.33. The smallest absolute Gasteiger partial charge is 0.462 e. The van der Waals surface area contributed by atoms with Crippen LogP contribution in [0.5, 0.6) is 0 Å². The average molecular weight is 787 g/mol. The van der Waals surface area contributed by atoms with Crippen LogP contribution in [0, 0.1) is 0 Å². The van der Waals surface area contributed by atoms with Crippen LogP contribution >= 0.6 is 7.82 Å². The van der Waals surface area contributed by atoms with Crippen molar-refractivity contribution < 1.29 is 37.6 Å². The highest BCUT2D eigenvalue weighted by molar-refractivity contribution is 7.47. The van der Waals surface area contributed by atoms with Crippen molar-refractivity contribution in [3.05, 3.63) is 97.2 Å². The number of esters is 2. The fraction of sp³-hybridized carbons (Fsp3) is 0.609. The number of carbonyl (C=O) groups is 2. The molecule has 0 radical (unpaired) electrons. The molecule has 0 bridgehead atoms. The second kappa shape index (κ2) is 40.6. The molecule has 2 atom stereocenters. The van der Waals surface area contributed by atoms with Gasteiger partial charge < -0.3 is 14.4 Å². The van der Waals surface area contributed by atoms with Gasteiger partial charge in [-0.1, -0.05) is 156 Å². The lowest BCUT2D eigenvalue weighted by molar-refractivity contribution is -0.161. The molecule has 0 aromatic rings.